The first-order chi connectivity index (χ1) is 11.3. The molecular formula is C17H24N4O2. The van der Waals surface area contributed by atoms with Gasteiger partial charge in [-0.15, -0.1) is 0 Å². The van der Waals surface area contributed by atoms with Gasteiger partial charge in [0.15, 0.2) is 11.5 Å². The molecule has 2 N–H and O–H groups in total. The van der Waals surface area contributed by atoms with Crippen LogP contribution in [0.5, 0.6) is 11.5 Å². The molecule has 0 atom stereocenters. The van der Waals surface area contributed by atoms with E-state index in [0.717, 1.165) is 55.9 Å². The lowest BCUT2D eigenvalue weighted by atomic mass is 10.1. The van der Waals surface area contributed by atoms with Gasteiger partial charge in [0.2, 0.25) is 0 Å². The lowest BCUT2D eigenvalue weighted by Gasteiger charge is -2.36. The van der Waals surface area contributed by atoms with Crippen molar-refractivity contribution in [2.75, 3.05) is 58.4 Å². The molecule has 0 bridgehead atoms. The van der Waals surface area contributed by atoms with Crippen molar-refractivity contribution in [3.63, 3.8) is 0 Å². The van der Waals surface area contributed by atoms with E-state index in [1.807, 2.05) is 18.3 Å². The molecule has 1 aliphatic rings. The molecule has 0 aliphatic carbocycles. The zero-order valence-corrected chi connectivity index (χ0v) is 13.8. The van der Waals surface area contributed by atoms with Crippen LogP contribution in [0.3, 0.4) is 0 Å². The van der Waals surface area contributed by atoms with Gasteiger partial charge in [0.1, 0.15) is 0 Å². The van der Waals surface area contributed by atoms with Crippen LogP contribution in [-0.4, -0.2) is 63.4 Å². The summed E-state index contributed by atoms with van der Waals surface area (Å²) in [6.07, 6.45) is 1.86. The van der Waals surface area contributed by atoms with Gasteiger partial charge >= 0.3 is 0 Å². The summed E-state index contributed by atoms with van der Waals surface area (Å²) in [4.78, 5) is 9.29. The molecule has 0 radical (unpaired) electrons. The highest BCUT2D eigenvalue weighted by molar-refractivity contribution is 5.94. The van der Waals surface area contributed by atoms with Gasteiger partial charge in [-0.25, -0.2) is 0 Å². The Labute approximate surface area is 136 Å². The van der Waals surface area contributed by atoms with Crippen LogP contribution in [0.2, 0.25) is 0 Å². The van der Waals surface area contributed by atoms with Crippen LogP contribution in [-0.2, 0) is 0 Å². The Morgan fingerprint density at radius 3 is 2.43 bits per heavy atom. The smallest absolute Gasteiger partial charge is 0.162 e. The number of ether oxygens (including phenoxy) is 2. The maximum Gasteiger partial charge on any atom is 0.162 e. The minimum absolute atomic E-state index is 0.706. The van der Waals surface area contributed by atoms with Crippen molar-refractivity contribution in [3.8, 4) is 11.5 Å². The van der Waals surface area contributed by atoms with E-state index < -0.39 is 0 Å². The first-order valence-electron chi connectivity index (χ1n) is 7.95. The zero-order valence-electron chi connectivity index (χ0n) is 13.8. The number of fused-ring (bicyclic) bond motifs is 1. The number of aromatic nitrogens is 1. The number of rotatable bonds is 5. The molecule has 0 saturated carbocycles. The third-order valence-electron chi connectivity index (χ3n) is 4.38. The fourth-order valence-electron chi connectivity index (χ4n) is 3.13. The number of hydrogen-bond acceptors (Lipinski definition) is 6. The molecule has 1 aliphatic heterocycles. The number of pyridine rings is 1. The first kappa shape index (κ1) is 15.8. The maximum atomic E-state index is 5.65. The van der Waals surface area contributed by atoms with Crippen molar-refractivity contribution in [1.82, 2.24) is 9.88 Å². The van der Waals surface area contributed by atoms with Crippen LogP contribution < -0.4 is 20.1 Å². The molecule has 124 valence electrons. The van der Waals surface area contributed by atoms with E-state index in [0.29, 0.717) is 5.75 Å². The molecule has 2 aromatic rings. The van der Waals surface area contributed by atoms with E-state index in [1.54, 1.807) is 14.2 Å². The Bertz CT molecular complexity index is 669. The number of methoxy groups -OCH3 is 2. The third-order valence-corrected chi connectivity index (χ3v) is 4.38. The van der Waals surface area contributed by atoms with E-state index in [2.05, 4.69) is 20.9 Å². The first-order valence-corrected chi connectivity index (χ1v) is 7.95. The summed E-state index contributed by atoms with van der Waals surface area (Å²) in [6, 6.07) is 6.03. The summed E-state index contributed by atoms with van der Waals surface area (Å²) < 4.78 is 10.8. The summed E-state index contributed by atoms with van der Waals surface area (Å²) >= 11 is 0. The van der Waals surface area contributed by atoms with Gasteiger partial charge in [-0.2, -0.15) is 0 Å². The number of piperazine rings is 1. The number of hydrogen-bond donors (Lipinski definition) is 1. The molecule has 0 spiro atoms. The van der Waals surface area contributed by atoms with Crippen molar-refractivity contribution in [1.29, 1.82) is 0 Å². The molecule has 1 fully saturated rings. The molecule has 6 nitrogen and oxygen atoms in total. The Morgan fingerprint density at radius 1 is 1.09 bits per heavy atom. The topological polar surface area (TPSA) is 63.9 Å². The SMILES string of the molecule is COc1cc2nccc(N3CCN(CCN)CC3)c2cc1OC. The van der Waals surface area contributed by atoms with Gasteiger partial charge in [-0.1, -0.05) is 0 Å². The number of anilines is 1. The molecule has 23 heavy (non-hydrogen) atoms. The highest BCUT2D eigenvalue weighted by Crippen LogP contribution is 2.35. The molecule has 1 aromatic carbocycles. The Kier molecular flexibility index (Phi) is 4.83. The van der Waals surface area contributed by atoms with Gasteiger partial charge in [0.05, 0.1) is 19.7 Å². The summed E-state index contributed by atoms with van der Waals surface area (Å²) in [5.74, 6) is 1.44. The Hall–Kier alpha value is -2.05. The second-order valence-electron chi connectivity index (χ2n) is 5.67. The molecule has 0 amide bonds. The quantitative estimate of drug-likeness (QED) is 0.898. The van der Waals surface area contributed by atoms with Crippen molar-refractivity contribution in [2.24, 2.45) is 5.73 Å². The normalized spacial score (nSPS) is 15.9. The predicted octanol–water partition coefficient (Wildman–Crippen LogP) is 1.33. The van der Waals surface area contributed by atoms with Gasteiger partial charge in [-0.05, 0) is 12.1 Å². The van der Waals surface area contributed by atoms with Crippen LogP contribution in [0.25, 0.3) is 10.9 Å². The molecule has 2 heterocycles. The maximum absolute atomic E-state index is 5.65. The van der Waals surface area contributed by atoms with Crippen molar-refractivity contribution >= 4 is 16.6 Å². The average Bonchev–Trinajstić information content (AvgIpc) is 2.61. The van der Waals surface area contributed by atoms with Crippen molar-refractivity contribution in [2.45, 2.75) is 0 Å². The lowest BCUT2D eigenvalue weighted by molar-refractivity contribution is 0.265. The standard InChI is InChI=1S/C17H24N4O2/c1-22-16-11-13-14(12-17(16)23-2)19-5-3-15(13)21-9-7-20(6-4-18)8-10-21/h3,5,11-12H,4,6-10,18H2,1-2H3. The number of nitrogens with zero attached hydrogens (tertiary/aromatic N) is 3. The lowest BCUT2D eigenvalue weighted by Crippen LogP contribution is -2.47. The molecule has 1 saturated heterocycles. The van der Waals surface area contributed by atoms with E-state index in [1.165, 1.54) is 5.69 Å². The van der Waals surface area contributed by atoms with Crippen molar-refractivity contribution in [3.05, 3.63) is 24.4 Å². The van der Waals surface area contributed by atoms with Crippen LogP contribution in [0.1, 0.15) is 0 Å². The minimum atomic E-state index is 0.706. The number of benzene rings is 1. The number of nitrogens with two attached hydrogens (primary N) is 1. The van der Waals surface area contributed by atoms with Crippen LogP contribution >= 0.6 is 0 Å². The zero-order chi connectivity index (χ0) is 16.2. The third kappa shape index (κ3) is 3.18. The minimum Gasteiger partial charge on any atom is -0.493 e. The summed E-state index contributed by atoms with van der Waals surface area (Å²) in [5.41, 5.74) is 7.77. The summed E-state index contributed by atoms with van der Waals surface area (Å²) in [5, 5.41) is 1.09. The summed E-state index contributed by atoms with van der Waals surface area (Å²) in [7, 11) is 3.30. The predicted molar refractivity (Wildman–Crippen MR) is 92.6 cm³/mol. The largest absolute Gasteiger partial charge is 0.493 e. The molecule has 3 rings (SSSR count). The monoisotopic (exact) mass is 316 g/mol. The highest BCUT2D eigenvalue weighted by atomic mass is 16.5. The van der Waals surface area contributed by atoms with Gasteiger partial charge in [0, 0.05) is 62.6 Å². The summed E-state index contributed by atoms with van der Waals surface area (Å²) in [6.45, 7) is 5.74. The van der Waals surface area contributed by atoms with E-state index in [-0.39, 0.29) is 0 Å². The second kappa shape index (κ2) is 7.02. The van der Waals surface area contributed by atoms with Gasteiger partial charge < -0.3 is 20.1 Å². The van der Waals surface area contributed by atoms with Gasteiger partial charge in [-0.3, -0.25) is 9.88 Å². The van der Waals surface area contributed by atoms with E-state index in [4.69, 9.17) is 15.2 Å². The van der Waals surface area contributed by atoms with Crippen LogP contribution in [0.4, 0.5) is 5.69 Å². The molecule has 0 unspecified atom stereocenters. The van der Waals surface area contributed by atoms with Gasteiger partial charge in [0.25, 0.3) is 0 Å². The molecule has 1 aromatic heterocycles. The Morgan fingerprint density at radius 2 is 1.78 bits per heavy atom. The Balaban J connectivity index is 1.92. The fraction of sp³-hybridized carbons (Fsp3) is 0.471. The highest BCUT2D eigenvalue weighted by Gasteiger charge is 2.19. The van der Waals surface area contributed by atoms with Crippen LogP contribution in [0, 0.1) is 0 Å². The second-order valence-corrected chi connectivity index (χ2v) is 5.67. The van der Waals surface area contributed by atoms with Crippen molar-refractivity contribution < 1.29 is 9.47 Å². The van der Waals surface area contributed by atoms with E-state index >= 15 is 0 Å². The van der Waals surface area contributed by atoms with Crippen LogP contribution in [0.15, 0.2) is 24.4 Å². The van der Waals surface area contributed by atoms with E-state index in [9.17, 15) is 0 Å². The fourth-order valence-corrected chi connectivity index (χ4v) is 3.13. The average molecular weight is 316 g/mol. The molecular weight excluding hydrogens is 292 g/mol. The molecule has 6 heteroatoms.